The largest absolute Gasteiger partial charge is 0.334 e. The molecular weight excluding hydrogens is 627 g/mol. The Morgan fingerprint density at radius 2 is 0.904 bits per heavy atom. The Labute approximate surface area is 307 Å². The second-order valence-electron chi connectivity index (χ2n) is 14.5. The van der Waals surface area contributed by atoms with Crippen LogP contribution in [0.15, 0.2) is 194 Å². The highest BCUT2D eigenvalue weighted by atomic mass is 15.2. The molecule has 0 bridgehead atoms. The maximum atomic E-state index is 2.52. The second-order valence-corrected chi connectivity index (χ2v) is 14.5. The van der Waals surface area contributed by atoms with Gasteiger partial charge in [0.2, 0.25) is 0 Å². The molecule has 1 unspecified atom stereocenters. The Balaban J connectivity index is 1.15. The summed E-state index contributed by atoms with van der Waals surface area (Å²) in [5.74, 6) is 0. The van der Waals surface area contributed by atoms with E-state index in [0.29, 0.717) is 0 Å². The van der Waals surface area contributed by atoms with Crippen molar-refractivity contribution in [1.29, 1.82) is 0 Å². The van der Waals surface area contributed by atoms with E-state index in [1.165, 1.54) is 78.2 Å². The van der Waals surface area contributed by atoms with Gasteiger partial charge in [-0.2, -0.15) is 0 Å². The average molecular weight is 668 g/mol. The quantitative estimate of drug-likeness (QED) is 0.164. The molecule has 52 heavy (non-hydrogen) atoms. The molecule has 1 nitrogen and oxygen atoms in total. The third kappa shape index (κ3) is 5.69. The van der Waals surface area contributed by atoms with Crippen LogP contribution in [-0.2, 0) is 5.41 Å². The number of hydrogen-bond donors (Lipinski definition) is 0. The summed E-state index contributed by atoms with van der Waals surface area (Å²) in [5.41, 5.74) is 17.9. The average Bonchev–Trinajstić information content (AvgIpc) is 3.45. The lowest BCUT2D eigenvalue weighted by Crippen LogP contribution is -2.31. The summed E-state index contributed by atoms with van der Waals surface area (Å²) in [6.07, 6.45) is 5.65. The molecule has 2 aliphatic carbocycles. The molecule has 0 radical (unpaired) electrons. The van der Waals surface area contributed by atoms with Gasteiger partial charge in [-0.15, -0.1) is 0 Å². The van der Waals surface area contributed by atoms with E-state index in [2.05, 4.69) is 213 Å². The van der Waals surface area contributed by atoms with Crippen molar-refractivity contribution in [2.24, 2.45) is 0 Å². The van der Waals surface area contributed by atoms with Gasteiger partial charge < -0.3 is 4.90 Å². The molecule has 0 fully saturated rings. The van der Waals surface area contributed by atoms with Gasteiger partial charge in [0.1, 0.15) is 0 Å². The Bertz CT molecular complexity index is 2330. The van der Waals surface area contributed by atoms with Gasteiger partial charge in [0.05, 0.1) is 6.04 Å². The molecule has 0 aromatic heterocycles. The molecule has 0 amide bonds. The Kier molecular flexibility index (Phi) is 8.05. The van der Waals surface area contributed by atoms with Gasteiger partial charge in [0.15, 0.2) is 0 Å². The summed E-state index contributed by atoms with van der Waals surface area (Å²) in [6.45, 7) is 4.74. The zero-order valence-corrected chi connectivity index (χ0v) is 29.7. The molecule has 0 spiro atoms. The topological polar surface area (TPSA) is 3.24 Å². The van der Waals surface area contributed by atoms with Gasteiger partial charge >= 0.3 is 0 Å². The summed E-state index contributed by atoms with van der Waals surface area (Å²) >= 11 is 0. The maximum absolute atomic E-state index is 2.52. The van der Waals surface area contributed by atoms with Gasteiger partial charge in [-0.25, -0.2) is 0 Å². The number of rotatable bonds is 7. The highest BCUT2D eigenvalue weighted by molar-refractivity contribution is 5.98. The molecule has 1 heteroatoms. The van der Waals surface area contributed by atoms with Crippen LogP contribution < -0.4 is 4.90 Å². The third-order valence-electron chi connectivity index (χ3n) is 11.1. The summed E-state index contributed by atoms with van der Waals surface area (Å²) < 4.78 is 0. The lowest BCUT2D eigenvalue weighted by molar-refractivity contribution is 0.660. The fraction of sp³-hybridized carbons (Fsp3) is 0.0980. The predicted octanol–water partition coefficient (Wildman–Crippen LogP) is 13.4. The molecule has 0 aliphatic heterocycles. The van der Waals surface area contributed by atoms with E-state index in [4.69, 9.17) is 0 Å². The summed E-state index contributed by atoms with van der Waals surface area (Å²) in [7, 11) is 0. The van der Waals surface area contributed by atoms with Crippen LogP contribution in [0.2, 0.25) is 0 Å². The fourth-order valence-electron chi connectivity index (χ4n) is 8.35. The number of hydrogen-bond acceptors (Lipinski definition) is 1. The Morgan fingerprint density at radius 1 is 0.442 bits per heavy atom. The van der Waals surface area contributed by atoms with Crippen LogP contribution in [0.1, 0.15) is 42.5 Å². The molecule has 7 aromatic carbocycles. The van der Waals surface area contributed by atoms with Crippen LogP contribution in [0.5, 0.6) is 0 Å². The minimum atomic E-state index is -0.0631. The van der Waals surface area contributed by atoms with Crippen molar-refractivity contribution in [1.82, 2.24) is 0 Å². The van der Waals surface area contributed by atoms with E-state index >= 15 is 0 Å². The van der Waals surface area contributed by atoms with Crippen molar-refractivity contribution in [3.63, 3.8) is 0 Å². The maximum Gasteiger partial charge on any atom is 0.0566 e. The highest BCUT2D eigenvalue weighted by Gasteiger charge is 2.36. The molecule has 1 atom stereocenters. The number of nitrogens with zero attached hydrogens (tertiary/aromatic N) is 1. The van der Waals surface area contributed by atoms with Crippen molar-refractivity contribution in [3.8, 4) is 33.4 Å². The van der Waals surface area contributed by atoms with Gasteiger partial charge in [0.25, 0.3) is 0 Å². The van der Waals surface area contributed by atoms with E-state index in [1.807, 2.05) is 0 Å². The van der Waals surface area contributed by atoms with Crippen LogP contribution in [0.4, 0.5) is 11.4 Å². The molecule has 9 rings (SSSR count). The van der Waals surface area contributed by atoms with Crippen molar-refractivity contribution in [2.75, 3.05) is 4.90 Å². The minimum absolute atomic E-state index is 0.0631. The number of benzene rings is 7. The van der Waals surface area contributed by atoms with Crippen LogP contribution in [0.25, 0.3) is 44.5 Å². The molecule has 7 aromatic rings. The molecule has 250 valence electrons. The van der Waals surface area contributed by atoms with Crippen molar-refractivity contribution < 1.29 is 0 Å². The lowest BCUT2D eigenvalue weighted by Gasteiger charge is -2.36. The monoisotopic (exact) mass is 667 g/mol. The van der Waals surface area contributed by atoms with E-state index in [9.17, 15) is 0 Å². The first kappa shape index (κ1) is 31.8. The first-order valence-electron chi connectivity index (χ1n) is 18.4. The van der Waals surface area contributed by atoms with Crippen LogP contribution in [0, 0.1) is 0 Å². The van der Waals surface area contributed by atoms with Crippen LogP contribution >= 0.6 is 0 Å². The normalized spacial score (nSPS) is 15.6. The number of anilines is 2. The zero-order chi connectivity index (χ0) is 35.1. The van der Waals surface area contributed by atoms with E-state index in [-0.39, 0.29) is 11.5 Å². The van der Waals surface area contributed by atoms with E-state index in [0.717, 1.165) is 6.42 Å². The Morgan fingerprint density at radius 3 is 1.48 bits per heavy atom. The third-order valence-corrected chi connectivity index (χ3v) is 11.1. The van der Waals surface area contributed by atoms with Gasteiger partial charge in [-0.05, 0) is 104 Å². The molecular formula is C51H41N. The zero-order valence-electron chi connectivity index (χ0n) is 29.7. The summed E-state index contributed by atoms with van der Waals surface area (Å²) in [5, 5.41) is 0. The summed E-state index contributed by atoms with van der Waals surface area (Å²) in [6, 6.07) is 66.6. The van der Waals surface area contributed by atoms with Crippen molar-refractivity contribution in [3.05, 3.63) is 216 Å². The molecule has 0 saturated heterocycles. The van der Waals surface area contributed by atoms with Gasteiger partial charge in [0, 0.05) is 16.8 Å². The fourth-order valence-corrected chi connectivity index (χ4v) is 8.35. The lowest BCUT2D eigenvalue weighted by atomic mass is 9.79. The second kappa shape index (κ2) is 13.2. The van der Waals surface area contributed by atoms with E-state index in [1.54, 1.807) is 0 Å². The standard InChI is InChI=1S/C51H41N/c1-51(2)49-21-13-12-20-46(49)47-32-26-41(34-50(47)51)48-35-44(31-33-45(48)40-18-10-5-11-19-40)52(42-27-22-38(23-28-42)36-14-6-3-7-15-36)43-29-24-39(25-30-43)37-16-8-4-9-17-37/h3-34,44H,35H2,1-2H3. The van der Waals surface area contributed by atoms with Crippen molar-refractivity contribution in [2.45, 2.75) is 31.7 Å². The molecule has 0 N–H and O–H groups in total. The van der Waals surface area contributed by atoms with E-state index < -0.39 is 0 Å². The number of allylic oxidation sites excluding steroid dienone is 2. The minimum Gasteiger partial charge on any atom is -0.334 e. The highest BCUT2D eigenvalue weighted by Crippen LogP contribution is 2.50. The SMILES string of the molecule is CC1(C)c2ccccc2-c2ccc(C3=C(c4ccccc4)C=CC(N(c4ccc(-c5ccccc5)cc4)c4ccc(-c5ccccc5)cc4)C3)cc21. The molecule has 0 heterocycles. The van der Waals surface area contributed by atoms with Gasteiger partial charge in [-0.1, -0.05) is 178 Å². The smallest absolute Gasteiger partial charge is 0.0566 e. The summed E-state index contributed by atoms with van der Waals surface area (Å²) in [4.78, 5) is 2.52. The van der Waals surface area contributed by atoms with Gasteiger partial charge in [-0.3, -0.25) is 0 Å². The van der Waals surface area contributed by atoms with Crippen LogP contribution in [-0.4, -0.2) is 6.04 Å². The predicted molar refractivity (Wildman–Crippen MR) is 221 cm³/mol. The first-order chi connectivity index (χ1) is 25.5. The number of fused-ring (bicyclic) bond motifs is 3. The molecule has 2 aliphatic rings. The van der Waals surface area contributed by atoms with Crippen molar-refractivity contribution >= 4 is 22.5 Å². The Hall–Kier alpha value is -6.18. The first-order valence-corrected chi connectivity index (χ1v) is 18.4. The molecule has 0 saturated carbocycles. The van der Waals surface area contributed by atoms with Crippen LogP contribution in [0.3, 0.4) is 0 Å².